The predicted octanol–water partition coefficient (Wildman–Crippen LogP) is 4.96. The van der Waals surface area contributed by atoms with Crippen LogP contribution in [0.25, 0.3) is 0 Å². The molecule has 19 heavy (non-hydrogen) atoms. The molecule has 0 unspecified atom stereocenters. The molecule has 0 aliphatic rings. The highest BCUT2D eigenvalue weighted by Crippen LogP contribution is 2.21. The standard InChI is InChI=1S/C15H20BrFO2/c1-15(2,3)8-4-5-9-19-14(18)12-7-6-11(16)10-13(12)17/h6-7,10H,4-5,8-9H2,1-3H3. The van der Waals surface area contributed by atoms with Crippen LogP contribution in [0.1, 0.15) is 50.4 Å². The topological polar surface area (TPSA) is 26.3 Å². The molecule has 4 heteroatoms. The highest BCUT2D eigenvalue weighted by molar-refractivity contribution is 9.10. The minimum atomic E-state index is -0.597. The van der Waals surface area contributed by atoms with Gasteiger partial charge in [-0.2, -0.15) is 0 Å². The van der Waals surface area contributed by atoms with E-state index in [9.17, 15) is 9.18 Å². The molecule has 106 valence electrons. The van der Waals surface area contributed by atoms with Crippen molar-refractivity contribution < 1.29 is 13.9 Å². The fraction of sp³-hybridized carbons (Fsp3) is 0.533. The molecule has 0 amide bonds. The number of esters is 1. The van der Waals surface area contributed by atoms with Gasteiger partial charge in [0.05, 0.1) is 12.2 Å². The van der Waals surface area contributed by atoms with E-state index < -0.39 is 11.8 Å². The number of hydrogen-bond donors (Lipinski definition) is 0. The highest BCUT2D eigenvalue weighted by atomic mass is 79.9. The van der Waals surface area contributed by atoms with Gasteiger partial charge < -0.3 is 4.74 Å². The van der Waals surface area contributed by atoms with Crippen molar-refractivity contribution in [3.05, 3.63) is 34.1 Å². The van der Waals surface area contributed by atoms with Crippen LogP contribution in [0.15, 0.2) is 22.7 Å². The van der Waals surface area contributed by atoms with Gasteiger partial charge in [-0.1, -0.05) is 36.7 Å². The molecule has 2 nitrogen and oxygen atoms in total. The number of hydrogen-bond acceptors (Lipinski definition) is 2. The zero-order chi connectivity index (χ0) is 14.5. The van der Waals surface area contributed by atoms with E-state index in [4.69, 9.17) is 4.74 Å². The Morgan fingerprint density at radius 1 is 1.32 bits per heavy atom. The molecule has 0 spiro atoms. The summed E-state index contributed by atoms with van der Waals surface area (Å²) in [5.41, 5.74) is 0.279. The smallest absolute Gasteiger partial charge is 0.341 e. The second kappa shape index (κ2) is 7.04. The summed E-state index contributed by atoms with van der Waals surface area (Å²) in [6.45, 7) is 6.87. The Hall–Kier alpha value is -0.900. The van der Waals surface area contributed by atoms with Crippen molar-refractivity contribution in [2.75, 3.05) is 6.61 Å². The summed E-state index contributed by atoms with van der Waals surface area (Å²) in [6.07, 6.45) is 2.89. The minimum absolute atomic E-state index is 0.0148. The maximum absolute atomic E-state index is 13.5. The normalized spacial score (nSPS) is 11.4. The van der Waals surface area contributed by atoms with Gasteiger partial charge in [-0.15, -0.1) is 0 Å². The number of rotatable bonds is 5. The first-order chi connectivity index (χ1) is 8.79. The quantitative estimate of drug-likeness (QED) is 0.563. The maximum atomic E-state index is 13.5. The fourth-order valence-corrected chi connectivity index (χ4v) is 1.99. The Kier molecular flexibility index (Phi) is 5.98. The number of ether oxygens (including phenoxy) is 1. The van der Waals surface area contributed by atoms with Crippen molar-refractivity contribution in [1.82, 2.24) is 0 Å². The first kappa shape index (κ1) is 16.2. The van der Waals surface area contributed by atoms with Crippen LogP contribution in [0.4, 0.5) is 4.39 Å². The molecule has 0 atom stereocenters. The fourth-order valence-electron chi connectivity index (χ4n) is 1.66. The Morgan fingerprint density at radius 3 is 2.58 bits per heavy atom. The molecule has 1 rings (SSSR count). The monoisotopic (exact) mass is 330 g/mol. The van der Waals surface area contributed by atoms with Crippen LogP contribution in [-0.4, -0.2) is 12.6 Å². The SMILES string of the molecule is CC(C)(C)CCCCOC(=O)c1ccc(Br)cc1F. The molecular formula is C15H20BrFO2. The van der Waals surface area contributed by atoms with E-state index in [0.29, 0.717) is 16.5 Å². The van der Waals surface area contributed by atoms with E-state index in [0.717, 1.165) is 19.3 Å². The summed E-state index contributed by atoms with van der Waals surface area (Å²) in [5, 5.41) is 0. The van der Waals surface area contributed by atoms with E-state index in [1.165, 1.54) is 12.1 Å². The molecule has 0 fully saturated rings. The van der Waals surface area contributed by atoms with Crippen LogP contribution >= 0.6 is 15.9 Å². The third-order valence-electron chi connectivity index (χ3n) is 2.71. The van der Waals surface area contributed by atoms with Gasteiger partial charge in [0.1, 0.15) is 5.82 Å². The number of unbranched alkanes of at least 4 members (excludes halogenated alkanes) is 1. The molecular weight excluding hydrogens is 311 g/mol. The van der Waals surface area contributed by atoms with Gasteiger partial charge in [0.25, 0.3) is 0 Å². The lowest BCUT2D eigenvalue weighted by Crippen LogP contribution is -2.10. The first-order valence-corrected chi connectivity index (χ1v) is 7.21. The molecule has 1 aromatic rings. The molecule has 0 aliphatic carbocycles. The highest BCUT2D eigenvalue weighted by Gasteiger charge is 2.13. The van der Waals surface area contributed by atoms with Crippen molar-refractivity contribution >= 4 is 21.9 Å². The van der Waals surface area contributed by atoms with Crippen LogP contribution in [0.5, 0.6) is 0 Å². The van der Waals surface area contributed by atoms with Gasteiger partial charge in [-0.25, -0.2) is 9.18 Å². The van der Waals surface area contributed by atoms with Gasteiger partial charge in [0.2, 0.25) is 0 Å². The molecule has 1 aromatic carbocycles. The molecule has 0 bridgehead atoms. The third kappa shape index (κ3) is 6.19. The van der Waals surface area contributed by atoms with Gasteiger partial charge >= 0.3 is 5.97 Å². The third-order valence-corrected chi connectivity index (χ3v) is 3.20. The van der Waals surface area contributed by atoms with E-state index in [1.807, 2.05) is 0 Å². The molecule has 0 radical (unpaired) electrons. The van der Waals surface area contributed by atoms with Crippen molar-refractivity contribution in [3.63, 3.8) is 0 Å². The Morgan fingerprint density at radius 2 is 2.00 bits per heavy atom. The van der Waals surface area contributed by atoms with Crippen molar-refractivity contribution in [2.45, 2.75) is 40.0 Å². The van der Waals surface area contributed by atoms with Crippen LogP contribution < -0.4 is 0 Å². The first-order valence-electron chi connectivity index (χ1n) is 6.42. The summed E-state index contributed by atoms with van der Waals surface area (Å²) in [7, 11) is 0. The Bertz CT molecular complexity index is 438. The van der Waals surface area contributed by atoms with Crippen LogP contribution in [0, 0.1) is 11.2 Å². The zero-order valence-electron chi connectivity index (χ0n) is 11.6. The summed E-state index contributed by atoms with van der Waals surface area (Å²) in [5.74, 6) is -1.16. The van der Waals surface area contributed by atoms with Crippen LogP contribution in [0.2, 0.25) is 0 Å². The minimum Gasteiger partial charge on any atom is -0.462 e. The average Bonchev–Trinajstić information content (AvgIpc) is 2.26. The summed E-state index contributed by atoms with van der Waals surface area (Å²) < 4.78 is 19.2. The molecule has 0 aliphatic heterocycles. The molecule has 0 aromatic heterocycles. The van der Waals surface area contributed by atoms with Gasteiger partial charge in [0, 0.05) is 4.47 Å². The van der Waals surface area contributed by atoms with Gasteiger partial charge in [-0.05, 0) is 42.9 Å². The van der Waals surface area contributed by atoms with Gasteiger partial charge in [-0.3, -0.25) is 0 Å². The summed E-state index contributed by atoms with van der Waals surface area (Å²) >= 11 is 3.14. The van der Waals surface area contributed by atoms with Gasteiger partial charge in [0.15, 0.2) is 0 Å². The number of halogens is 2. The summed E-state index contributed by atoms with van der Waals surface area (Å²) in [6, 6.07) is 4.31. The van der Waals surface area contributed by atoms with Crippen LogP contribution in [0.3, 0.4) is 0 Å². The van der Waals surface area contributed by atoms with Crippen LogP contribution in [-0.2, 0) is 4.74 Å². The predicted molar refractivity (Wildman–Crippen MR) is 77.7 cm³/mol. The molecule has 0 N–H and O–H groups in total. The number of benzene rings is 1. The van der Waals surface area contributed by atoms with E-state index >= 15 is 0 Å². The zero-order valence-corrected chi connectivity index (χ0v) is 13.2. The average molecular weight is 331 g/mol. The molecule has 0 saturated heterocycles. The number of carbonyl (C=O) groups excluding carboxylic acids is 1. The van der Waals surface area contributed by atoms with Crippen molar-refractivity contribution in [1.29, 1.82) is 0 Å². The lowest BCUT2D eigenvalue weighted by Gasteiger charge is -2.17. The molecule has 0 saturated carbocycles. The number of carbonyl (C=O) groups is 1. The Labute approximate surface area is 122 Å². The summed E-state index contributed by atoms with van der Waals surface area (Å²) in [4.78, 5) is 11.7. The van der Waals surface area contributed by atoms with Crippen molar-refractivity contribution in [2.24, 2.45) is 5.41 Å². The molecule has 0 heterocycles. The maximum Gasteiger partial charge on any atom is 0.341 e. The van der Waals surface area contributed by atoms with E-state index in [1.54, 1.807) is 6.07 Å². The second-order valence-corrected chi connectivity index (χ2v) is 6.69. The second-order valence-electron chi connectivity index (χ2n) is 5.78. The largest absolute Gasteiger partial charge is 0.462 e. The lowest BCUT2D eigenvalue weighted by atomic mass is 9.90. The Balaban J connectivity index is 2.36. The van der Waals surface area contributed by atoms with Crippen molar-refractivity contribution in [3.8, 4) is 0 Å². The lowest BCUT2D eigenvalue weighted by molar-refractivity contribution is 0.0490. The van der Waals surface area contributed by atoms with E-state index in [2.05, 4.69) is 36.7 Å². The van der Waals surface area contributed by atoms with E-state index in [-0.39, 0.29) is 5.56 Å².